The molecular formula is C36H70O12Si. The number of aliphatic hydroxyl groups excluding tert-OH is 2. The zero-order valence-corrected chi connectivity index (χ0v) is 33.8. The van der Waals surface area contributed by atoms with E-state index >= 15 is 0 Å². The van der Waals surface area contributed by atoms with Crippen LogP contribution in [0.15, 0.2) is 11.6 Å². The molecule has 4 N–H and O–H groups in total. The van der Waals surface area contributed by atoms with Crippen molar-refractivity contribution in [3.63, 3.8) is 0 Å². The van der Waals surface area contributed by atoms with E-state index in [2.05, 4.69) is 46.9 Å². The fourth-order valence-corrected chi connectivity index (χ4v) is 7.26. The Bertz CT molecular complexity index is 1010. The van der Waals surface area contributed by atoms with Gasteiger partial charge in [-0.3, -0.25) is 0 Å². The van der Waals surface area contributed by atoms with Crippen molar-refractivity contribution < 1.29 is 58.1 Å². The normalized spacial score (nSPS) is 26.6. The highest BCUT2D eigenvalue weighted by Crippen LogP contribution is 2.49. The number of hydrogen-bond donors (Lipinski definition) is 4. The number of carboxylic acids is 1. The highest BCUT2D eigenvalue weighted by Gasteiger charge is 2.59. The molecule has 0 aromatic rings. The third-order valence-electron chi connectivity index (χ3n) is 11.1. The summed E-state index contributed by atoms with van der Waals surface area (Å²) in [6.07, 6.45) is -2.07. The van der Waals surface area contributed by atoms with Crippen molar-refractivity contribution in [2.75, 3.05) is 41.8 Å². The SMILES string of the molecule is CCC(/C=C(/C)[C@H](O)CC(C[C@H](O)C(C)(C)C1(O)O[C@@H](C[C@@H](OC)[C@H](OCOC)C(=O)O)C[C@@H](OC)[C@H]1C)OC)CO[Si](C)(C)C(C)(C)C. The maximum Gasteiger partial charge on any atom is 0.335 e. The van der Waals surface area contributed by atoms with Crippen molar-refractivity contribution in [2.45, 2.75) is 154 Å². The molecule has 1 rings (SSSR count). The molecule has 0 radical (unpaired) electrons. The minimum atomic E-state index is -1.91. The van der Waals surface area contributed by atoms with Gasteiger partial charge in [-0.2, -0.15) is 0 Å². The lowest BCUT2D eigenvalue weighted by Crippen LogP contribution is -2.64. The van der Waals surface area contributed by atoms with E-state index in [0.29, 0.717) is 13.0 Å². The van der Waals surface area contributed by atoms with Crippen LogP contribution in [-0.2, 0) is 37.6 Å². The van der Waals surface area contributed by atoms with Gasteiger partial charge in [0.15, 0.2) is 20.2 Å². The Morgan fingerprint density at radius 3 is 2.14 bits per heavy atom. The van der Waals surface area contributed by atoms with E-state index < -0.39 is 74.1 Å². The van der Waals surface area contributed by atoms with Gasteiger partial charge in [-0.15, -0.1) is 0 Å². The standard InChI is InChI=1S/C36H70O12Si/c1-15-25(21-47-49(13,14)34(4,5)6)16-23(2)28(37)17-26(43-10)20-31(38)35(7,8)36(41)24(3)29(44-11)18-27(48-36)19-30(45-12)32(33(39)40)46-22-42-9/h16,24-32,37-38,41H,15,17-22H2,1-14H3,(H,39,40)/b23-16-/t24-,25?,26?,27-,28-,29-,30-,31+,32+,36?/m1/s1. The molecule has 13 heteroatoms. The minimum absolute atomic E-state index is 0.0798. The predicted octanol–water partition coefficient (Wildman–Crippen LogP) is 5.13. The van der Waals surface area contributed by atoms with Gasteiger partial charge in [-0.05, 0) is 43.0 Å². The van der Waals surface area contributed by atoms with Crippen LogP contribution in [0.3, 0.4) is 0 Å². The molecule has 1 heterocycles. The number of methoxy groups -OCH3 is 4. The summed E-state index contributed by atoms with van der Waals surface area (Å²) in [5.74, 6) is -3.50. The van der Waals surface area contributed by atoms with E-state index in [1.807, 2.05) is 6.92 Å². The fraction of sp³-hybridized carbons (Fsp3) is 0.917. The molecule has 1 fully saturated rings. The third kappa shape index (κ3) is 12.3. The first-order valence-electron chi connectivity index (χ1n) is 17.6. The molecule has 10 atom stereocenters. The number of ether oxygens (including phenoxy) is 6. The van der Waals surface area contributed by atoms with Gasteiger partial charge in [0.25, 0.3) is 0 Å². The van der Waals surface area contributed by atoms with Gasteiger partial charge in [0.1, 0.15) is 6.79 Å². The van der Waals surface area contributed by atoms with Gasteiger partial charge in [-0.25, -0.2) is 4.79 Å². The van der Waals surface area contributed by atoms with E-state index in [1.165, 1.54) is 14.2 Å². The monoisotopic (exact) mass is 722 g/mol. The fourth-order valence-electron chi connectivity index (χ4n) is 6.19. The molecule has 0 bridgehead atoms. The Balaban J connectivity index is 3.13. The van der Waals surface area contributed by atoms with Crippen LogP contribution in [-0.4, -0.2) is 125 Å². The summed E-state index contributed by atoms with van der Waals surface area (Å²) < 4.78 is 40.1. The van der Waals surface area contributed by atoms with Crippen molar-refractivity contribution in [2.24, 2.45) is 17.3 Å². The summed E-state index contributed by atoms with van der Waals surface area (Å²) in [4.78, 5) is 12.0. The molecule has 0 aromatic carbocycles. The van der Waals surface area contributed by atoms with E-state index in [1.54, 1.807) is 35.0 Å². The highest BCUT2D eigenvalue weighted by atomic mass is 28.4. The first kappa shape index (κ1) is 46.0. The van der Waals surface area contributed by atoms with Crippen LogP contribution in [0, 0.1) is 17.3 Å². The molecule has 0 aromatic heterocycles. The van der Waals surface area contributed by atoms with Gasteiger partial charge in [-0.1, -0.05) is 54.5 Å². The molecular weight excluding hydrogens is 652 g/mol. The van der Waals surface area contributed by atoms with Gasteiger partial charge in [0.05, 0.1) is 36.6 Å². The average molecular weight is 723 g/mol. The quantitative estimate of drug-likeness (QED) is 0.0663. The molecule has 49 heavy (non-hydrogen) atoms. The molecule has 3 unspecified atom stereocenters. The van der Waals surface area contributed by atoms with Gasteiger partial charge >= 0.3 is 5.97 Å². The lowest BCUT2D eigenvalue weighted by Gasteiger charge is -2.55. The summed E-state index contributed by atoms with van der Waals surface area (Å²) in [6.45, 7) is 20.7. The maximum absolute atomic E-state index is 12.2. The van der Waals surface area contributed by atoms with Crippen LogP contribution in [0.5, 0.6) is 0 Å². The van der Waals surface area contributed by atoms with Crippen LogP contribution in [0.25, 0.3) is 0 Å². The first-order valence-corrected chi connectivity index (χ1v) is 20.5. The largest absolute Gasteiger partial charge is 0.479 e. The number of carbonyl (C=O) groups is 1. The number of rotatable bonds is 22. The Labute approximate surface area is 296 Å². The van der Waals surface area contributed by atoms with Crippen LogP contribution in [0.2, 0.25) is 18.1 Å². The summed E-state index contributed by atoms with van der Waals surface area (Å²) in [5, 5.41) is 45.0. The number of hydrogen-bond acceptors (Lipinski definition) is 11. The second-order valence-corrected chi connectivity index (χ2v) is 20.6. The summed E-state index contributed by atoms with van der Waals surface area (Å²) in [6, 6.07) is 0. The Hall–Kier alpha value is -0.973. The number of aliphatic hydroxyl groups is 3. The minimum Gasteiger partial charge on any atom is -0.479 e. The third-order valence-corrected chi connectivity index (χ3v) is 15.6. The van der Waals surface area contributed by atoms with Crippen molar-refractivity contribution in [1.29, 1.82) is 0 Å². The van der Waals surface area contributed by atoms with Crippen molar-refractivity contribution >= 4 is 14.3 Å². The summed E-state index contributed by atoms with van der Waals surface area (Å²) in [7, 11) is 3.96. The van der Waals surface area contributed by atoms with Crippen molar-refractivity contribution in [3.05, 3.63) is 11.6 Å². The summed E-state index contributed by atoms with van der Waals surface area (Å²) in [5.41, 5.74) is -0.429. The maximum atomic E-state index is 12.2. The summed E-state index contributed by atoms with van der Waals surface area (Å²) >= 11 is 0. The van der Waals surface area contributed by atoms with Gasteiger partial charge < -0.3 is 53.3 Å². The van der Waals surface area contributed by atoms with Gasteiger partial charge in [0, 0.05) is 72.1 Å². The molecule has 0 saturated carbocycles. The second kappa shape index (κ2) is 19.7. The Kier molecular flexibility index (Phi) is 18.6. The first-order chi connectivity index (χ1) is 22.6. The van der Waals surface area contributed by atoms with Gasteiger partial charge in [0.2, 0.25) is 0 Å². The van der Waals surface area contributed by atoms with Crippen LogP contribution in [0.1, 0.15) is 87.5 Å². The zero-order chi connectivity index (χ0) is 38.0. The molecule has 290 valence electrons. The molecule has 12 nitrogen and oxygen atoms in total. The molecule has 0 amide bonds. The Morgan fingerprint density at radius 2 is 1.67 bits per heavy atom. The van der Waals surface area contributed by atoms with E-state index in [4.69, 9.17) is 32.8 Å². The molecule has 0 aliphatic carbocycles. The van der Waals surface area contributed by atoms with Crippen LogP contribution >= 0.6 is 0 Å². The van der Waals surface area contributed by atoms with E-state index in [0.717, 1.165) is 12.0 Å². The Morgan fingerprint density at radius 1 is 1.06 bits per heavy atom. The molecule has 1 aliphatic rings. The van der Waals surface area contributed by atoms with Crippen molar-refractivity contribution in [3.8, 4) is 0 Å². The lowest BCUT2D eigenvalue weighted by atomic mass is 9.67. The molecule has 1 saturated heterocycles. The van der Waals surface area contributed by atoms with Crippen molar-refractivity contribution in [1.82, 2.24) is 0 Å². The zero-order valence-electron chi connectivity index (χ0n) is 32.8. The smallest absolute Gasteiger partial charge is 0.335 e. The topological polar surface area (TPSA) is 163 Å². The number of carboxylic acid groups (broad SMARTS) is 1. The lowest BCUT2D eigenvalue weighted by molar-refractivity contribution is -0.365. The average Bonchev–Trinajstić information content (AvgIpc) is 3.02. The second-order valence-electron chi connectivity index (χ2n) is 15.8. The predicted molar refractivity (Wildman–Crippen MR) is 191 cm³/mol. The van der Waals surface area contributed by atoms with E-state index in [-0.39, 0.29) is 37.0 Å². The van der Waals surface area contributed by atoms with Crippen LogP contribution in [0.4, 0.5) is 0 Å². The molecule has 1 aliphatic heterocycles. The van der Waals surface area contributed by atoms with E-state index in [9.17, 15) is 25.2 Å². The number of aliphatic carboxylic acids is 1. The molecule has 0 spiro atoms. The highest BCUT2D eigenvalue weighted by molar-refractivity contribution is 6.74. The van der Waals surface area contributed by atoms with Crippen LogP contribution < -0.4 is 0 Å².